The van der Waals surface area contributed by atoms with Crippen LogP contribution in [0.15, 0.2) is 16.9 Å². The lowest BCUT2D eigenvalue weighted by molar-refractivity contribution is -0.134. The third kappa shape index (κ3) is 4.50. The molecule has 0 aliphatic carbocycles. The molecule has 1 fully saturated rings. The zero-order valence-corrected chi connectivity index (χ0v) is 17.5. The maximum Gasteiger partial charge on any atom is 0.330 e. The van der Waals surface area contributed by atoms with Gasteiger partial charge in [0.15, 0.2) is 5.65 Å². The highest BCUT2D eigenvalue weighted by atomic mass is 16.2. The predicted octanol–water partition coefficient (Wildman–Crippen LogP) is 1.12. The van der Waals surface area contributed by atoms with Gasteiger partial charge in [0.1, 0.15) is 5.82 Å². The van der Waals surface area contributed by atoms with Gasteiger partial charge in [-0.1, -0.05) is 6.92 Å². The number of pyridine rings is 1. The summed E-state index contributed by atoms with van der Waals surface area (Å²) >= 11 is 0. The van der Waals surface area contributed by atoms with E-state index in [1.807, 2.05) is 18.7 Å². The van der Waals surface area contributed by atoms with Gasteiger partial charge in [0.2, 0.25) is 11.8 Å². The molecule has 1 aliphatic heterocycles. The minimum atomic E-state index is -0.252. The highest BCUT2D eigenvalue weighted by molar-refractivity contribution is 5.93. The van der Waals surface area contributed by atoms with Gasteiger partial charge in [-0.15, -0.1) is 0 Å². The topological polar surface area (TPSA) is 92.5 Å². The first kappa shape index (κ1) is 21.0. The van der Waals surface area contributed by atoms with Crippen LogP contribution in [0.2, 0.25) is 0 Å². The zero-order valence-electron chi connectivity index (χ0n) is 17.5. The molecule has 9 nitrogen and oxygen atoms in total. The molecule has 29 heavy (non-hydrogen) atoms. The smallest absolute Gasteiger partial charge is 0.330 e. The second kappa shape index (κ2) is 9.21. The van der Waals surface area contributed by atoms with Crippen LogP contribution in [0, 0.1) is 0 Å². The minimum Gasteiger partial charge on any atom is -0.340 e. The second-order valence-electron chi connectivity index (χ2n) is 7.17. The van der Waals surface area contributed by atoms with E-state index in [4.69, 9.17) is 0 Å². The van der Waals surface area contributed by atoms with Crippen LogP contribution in [0.1, 0.15) is 33.6 Å². The number of fused-ring (bicyclic) bond motifs is 1. The molecule has 3 rings (SSSR count). The van der Waals surface area contributed by atoms with Crippen LogP contribution in [-0.2, 0) is 22.7 Å². The summed E-state index contributed by atoms with van der Waals surface area (Å²) < 4.78 is 3.25. The summed E-state index contributed by atoms with van der Waals surface area (Å²) in [5, 5.41) is 2.75. The molecular formula is C20H30N6O3. The summed E-state index contributed by atoms with van der Waals surface area (Å²) in [5.41, 5.74) is 1.20. The molecule has 9 heteroatoms. The molecule has 2 amide bonds. The van der Waals surface area contributed by atoms with Crippen molar-refractivity contribution in [3.63, 3.8) is 0 Å². The van der Waals surface area contributed by atoms with Gasteiger partial charge in [0, 0.05) is 52.1 Å². The van der Waals surface area contributed by atoms with Gasteiger partial charge in [-0.3, -0.25) is 18.7 Å². The normalized spacial score (nSPS) is 15.1. The number of hydrogen-bond acceptors (Lipinski definition) is 5. The number of amides is 2. The fraction of sp³-hybridized carbons (Fsp3) is 0.600. The average molecular weight is 402 g/mol. The summed E-state index contributed by atoms with van der Waals surface area (Å²) in [6.07, 6.45) is 0.301. The fourth-order valence-electron chi connectivity index (χ4n) is 3.75. The third-order valence-electron chi connectivity index (χ3n) is 5.50. The highest BCUT2D eigenvalue weighted by Gasteiger charge is 2.21. The van der Waals surface area contributed by atoms with E-state index in [-0.39, 0.29) is 30.3 Å². The fourth-order valence-corrected chi connectivity index (χ4v) is 3.75. The number of rotatable bonds is 7. The van der Waals surface area contributed by atoms with Crippen LogP contribution in [0.25, 0.3) is 11.2 Å². The lowest BCUT2D eigenvalue weighted by atomic mass is 10.2. The van der Waals surface area contributed by atoms with Crippen molar-refractivity contribution in [1.29, 1.82) is 0 Å². The van der Waals surface area contributed by atoms with Crippen LogP contribution in [0.4, 0.5) is 5.82 Å². The van der Waals surface area contributed by atoms with Crippen LogP contribution in [0.3, 0.4) is 0 Å². The molecular weight excluding hydrogens is 372 g/mol. The number of nitrogens with zero attached hydrogens (tertiary/aromatic N) is 5. The van der Waals surface area contributed by atoms with Gasteiger partial charge in [0.25, 0.3) is 0 Å². The van der Waals surface area contributed by atoms with E-state index in [0.717, 1.165) is 38.2 Å². The largest absolute Gasteiger partial charge is 0.340 e. The van der Waals surface area contributed by atoms with Crippen molar-refractivity contribution in [2.24, 2.45) is 0 Å². The Hall–Kier alpha value is -2.68. The molecule has 2 aromatic heterocycles. The molecule has 0 aromatic carbocycles. The second-order valence-corrected chi connectivity index (χ2v) is 7.17. The van der Waals surface area contributed by atoms with Crippen molar-refractivity contribution >= 4 is 28.8 Å². The van der Waals surface area contributed by atoms with E-state index in [2.05, 4.69) is 22.1 Å². The van der Waals surface area contributed by atoms with Gasteiger partial charge >= 0.3 is 5.69 Å². The van der Waals surface area contributed by atoms with Crippen LogP contribution >= 0.6 is 0 Å². The van der Waals surface area contributed by atoms with E-state index in [9.17, 15) is 14.4 Å². The molecule has 1 saturated heterocycles. The van der Waals surface area contributed by atoms with E-state index < -0.39 is 0 Å². The highest BCUT2D eigenvalue weighted by Crippen LogP contribution is 2.15. The zero-order chi connectivity index (χ0) is 21.0. The van der Waals surface area contributed by atoms with Gasteiger partial charge in [-0.2, -0.15) is 0 Å². The summed E-state index contributed by atoms with van der Waals surface area (Å²) in [6, 6.07) is 3.49. The number of likely N-dealkylation sites (N-methyl/N-ethyl adjacent to an activating group) is 1. The first-order chi connectivity index (χ1) is 14.0. The number of piperazine rings is 1. The molecule has 158 valence electrons. The first-order valence-corrected chi connectivity index (χ1v) is 10.4. The Morgan fingerprint density at radius 3 is 2.28 bits per heavy atom. The number of hydrogen-bond donors (Lipinski definition) is 1. The van der Waals surface area contributed by atoms with E-state index in [1.165, 1.54) is 0 Å². The third-order valence-corrected chi connectivity index (χ3v) is 5.50. The summed E-state index contributed by atoms with van der Waals surface area (Å²) in [6.45, 7) is 11.2. The predicted molar refractivity (Wildman–Crippen MR) is 112 cm³/mol. The average Bonchev–Trinajstić information content (AvgIpc) is 3.01. The van der Waals surface area contributed by atoms with Crippen molar-refractivity contribution in [2.45, 2.75) is 46.7 Å². The summed E-state index contributed by atoms with van der Waals surface area (Å²) in [5.74, 6) is 0.152. The number of imidazole rings is 1. The van der Waals surface area contributed by atoms with Gasteiger partial charge in [-0.05, 0) is 32.5 Å². The number of nitrogens with one attached hydrogen (secondary N) is 1. The lowest BCUT2D eigenvalue weighted by Gasteiger charge is -2.34. The maximum absolute atomic E-state index is 12.4. The van der Waals surface area contributed by atoms with Crippen molar-refractivity contribution in [3.05, 3.63) is 22.6 Å². The van der Waals surface area contributed by atoms with Crippen molar-refractivity contribution in [1.82, 2.24) is 23.9 Å². The standard InChI is InChI=1S/C20H30N6O3/c1-4-23-11-13-24(14-12-23)18(28)10-9-17(27)21-16-8-7-15-19(22-16)26(6-3)20(29)25(15)5-2/h7-8H,4-6,9-14H2,1-3H3,(H,21,22,27). The number of aromatic nitrogens is 3. The van der Waals surface area contributed by atoms with Crippen molar-refractivity contribution in [3.8, 4) is 0 Å². The van der Waals surface area contributed by atoms with E-state index in [1.54, 1.807) is 21.3 Å². The number of carbonyl (C=O) groups excluding carboxylic acids is 2. The quantitative estimate of drug-likeness (QED) is 0.749. The molecule has 0 bridgehead atoms. The molecule has 1 aliphatic rings. The summed E-state index contributed by atoms with van der Waals surface area (Å²) in [7, 11) is 0. The molecule has 3 heterocycles. The number of carbonyl (C=O) groups is 2. The SMILES string of the molecule is CCN1CCN(C(=O)CCC(=O)Nc2ccc3c(n2)n(CC)c(=O)n3CC)CC1. The van der Waals surface area contributed by atoms with Crippen LogP contribution in [0.5, 0.6) is 0 Å². The van der Waals surface area contributed by atoms with Gasteiger partial charge in [-0.25, -0.2) is 9.78 Å². The van der Waals surface area contributed by atoms with Gasteiger partial charge in [0.05, 0.1) is 5.52 Å². The molecule has 0 spiro atoms. The van der Waals surface area contributed by atoms with Crippen LogP contribution in [-0.4, -0.2) is 68.5 Å². The molecule has 0 radical (unpaired) electrons. The maximum atomic E-state index is 12.4. The molecule has 2 aromatic rings. The van der Waals surface area contributed by atoms with Crippen LogP contribution < -0.4 is 11.0 Å². The lowest BCUT2D eigenvalue weighted by Crippen LogP contribution is -2.48. The Bertz CT molecular complexity index is 940. The Labute approximate surface area is 170 Å². The Balaban J connectivity index is 1.60. The van der Waals surface area contributed by atoms with Crippen molar-refractivity contribution < 1.29 is 9.59 Å². The number of anilines is 1. The van der Waals surface area contributed by atoms with Gasteiger partial charge < -0.3 is 15.1 Å². The van der Waals surface area contributed by atoms with E-state index >= 15 is 0 Å². The Morgan fingerprint density at radius 1 is 0.966 bits per heavy atom. The molecule has 0 unspecified atom stereocenters. The minimum absolute atomic E-state index is 0.0131. The summed E-state index contributed by atoms with van der Waals surface area (Å²) in [4.78, 5) is 45.7. The van der Waals surface area contributed by atoms with Crippen molar-refractivity contribution in [2.75, 3.05) is 38.0 Å². The monoisotopic (exact) mass is 402 g/mol. The Morgan fingerprint density at radius 2 is 1.66 bits per heavy atom. The van der Waals surface area contributed by atoms with E-state index in [0.29, 0.717) is 24.6 Å². The molecule has 0 saturated carbocycles. The molecule has 1 N–H and O–H groups in total. The Kier molecular flexibility index (Phi) is 6.68. The first-order valence-electron chi connectivity index (χ1n) is 10.4. The number of aryl methyl sites for hydroxylation is 2. The molecule has 0 atom stereocenters.